The van der Waals surface area contributed by atoms with Crippen molar-refractivity contribution in [3.63, 3.8) is 0 Å². The van der Waals surface area contributed by atoms with Crippen LogP contribution in [0.15, 0.2) is 6.20 Å². The molecule has 64 valence electrons. The smallest absolute Gasteiger partial charge is 0.185 e. The molecule has 12 heavy (non-hydrogen) atoms. The number of anilines is 1. The zero-order valence-corrected chi connectivity index (χ0v) is 8.22. The standard InChI is InChI=1S/C8H11N3S/c1-6(4-9)7-5-10-8(12-7)11(2)3/h5-6H,1-3H3. The second kappa shape index (κ2) is 3.55. The van der Waals surface area contributed by atoms with Gasteiger partial charge in [-0.15, -0.1) is 11.3 Å². The van der Waals surface area contributed by atoms with E-state index in [-0.39, 0.29) is 5.92 Å². The number of nitriles is 1. The van der Waals surface area contributed by atoms with E-state index in [0.717, 1.165) is 10.0 Å². The molecule has 0 aliphatic rings. The van der Waals surface area contributed by atoms with Crippen molar-refractivity contribution in [1.82, 2.24) is 4.98 Å². The minimum Gasteiger partial charge on any atom is -0.354 e. The van der Waals surface area contributed by atoms with Crippen molar-refractivity contribution in [3.05, 3.63) is 11.1 Å². The largest absolute Gasteiger partial charge is 0.354 e. The van der Waals surface area contributed by atoms with Crippen molar-refractivity contribution >= 4 is 16.5 Å². The number of nitrogens with zero attached hydrogens (tertiary/aromatic N) is 3. The van der Waals surface area contributed by atoms with Gasteiger partial charge in [0.1, 0.15) is 0 Å². The van der Waals surface area contributed by atoms with Gasteiger partial charge >= 0.3 is 0 Å². The Morgan fingerprint density at radius 3 is 2.75 bits per heavy atom. The van der Waals surface area contributed by atoms with Gasteiger partial charge in [-0.05, 0) is 6.92 Å². The molecule has 0 N–H and O–H groups in total. The first-order valence-corrected chi connectivity index (χ1v) is 4.49. The van der Waals surface area contributed by atoms with Crippen molar-refractivity contribution < 1.29 is 0 Å². The molecule has 0 aliphatic carbocycles. The van der Waals surface area contributed by atoms with Crippen LogP contribution in [0.1, 0.15) is 17.7 Å². The topological polar surface area (TPSA) is 39.9 Å². The molecule has 1 unspecified atom stereocenters. The first-order valence-electron chi connectivity index (χ1n) is 3.68. The second-order valence-electron chi connectivity index (χ2n) is 2.79. The van der Waals surface area contributed by atoms with Crippen molar-refractivity contribution in [3.8, 4) is 6.07 Å². The summed E-state index contributed by atoms with van der Waals surface area (Å²) in [6, 6.07) is 2.19. The van der Waals surface area contributed by atoms with E-state index in [2.05, 4.69) is 11.1 Å². The van der Waals surface area contributed by atoms with Crippen molar-refractivity contribution in [2.24, 2.45) is 0 Å². The van der Waals surface area contributed by atoms with Gasteiger partial charge in [0.2, 0.25) is 0 Å². The van der Waals surface area contributed by atoms with Gasteiger partial charge in [-0.2, -0.15) is 5.26 Å². The van der Waals surface area contributed by atoms with Crippen LogP contribution in [0.25, 0.3) is 0 Å². The Hall–Kier alpha value is -1.08. The molecule has 1 aromatic heterocycles. The number of aromatic nitrogens is 1. The maximum atomic E-state index is 8.65. The molecule has 1 rings (SSSR count). The average molecular weight is 181 g/mol. The number of thiazole rings is 1. The van der Waals surface area contributed by atoms with Crippen LogP contribution in [0, 0.1) is 11.3 Å². The minimum absolute atomic E-state index is 0.0452. The lowest BCUT2D eigenvalue weighted by Crippen LogP contribution is -2.07. The SMILES string of the molecule is CC(C#N)c1cnc(N(C)C)s1. The van der Waals surface area contributed by atoms with E-state index in [1.807, 2.05) is 25.9 Å². The van der Waals surface area contributed by atoms with Gasteiger partial charge in [0.25, 0.3) is 0 Å². The van der Waals surface area contributed by atoms with Crippen LogP contribution in [0.3, 0.4) is 0 Å². The predicted molar refractivity (Wildman–Crippen MR) is 50.5 cm³/mol. The quantitative estimate of drug-likeness (QED) is 0.699. The summed E-state index contributed by atoms with van der Waals surface area (Å²) in [6.45, 7) is 1.88. The van der Waals surface area contributed by atoms with Gasteiger partial charge < -0.3 is 4.90 Å². The molecule has 1 heterocycles. The fourth-order valence-corrected chi connectivity index (χ4v) is 1.58. The lowest BCUT2D eigenvalue weighted by molar-refractivity contribution is 1.00. The Bertz CT molecular complexity index is 297. The molecule has 0 aliphatic heterocycles. The third-order valence-corrected chi connectivity index (χ3v) is 2.86. The lowest BCUT2D eigenvalue weighted by atomic mass is 10.2. The van der Waals surface area contributed by atoms with E-state index >= 15 is 0 Å². The lowest BCUT2D eigenvalue weighted by Gasteiger charge is -2.05. The second-order valence-corrected chi connectivity index (χ2v) is 3.83. The molecule has 1 aromatic rings. The van der Waals surface area contributed by atoms with Crippen LogP contribution in [-0.4, -0.2) is 19.1 Å². The summed E-state index contributed by atoms with van der Waals surface area (Å²) < 4.78 is 0. The zero-order valence-electron chi connectivity index (χ0n) is 7.40. The Labute approximate surface area is 76.3 Å². The number of hydrogen-bond acceptors (Lipinski definition) is 4. The van der Waals surface area contributed by atoms with Crippen molar-refractivity contribution in [2.45, 2.75) is 12.8 Å². The monoisotopic (exact) mass is 181 g/mol. The summed E-state index contributed by atoms with van der Waals surface area (Å²) >= 11 is 1.57. The van der Waals surface area contributed by atoms with E-state index in [0.29, 0.717) is 0 Å². The zero-order chi connectivity index (χ0) is 9.14. The molecule has 0 radical (unpaired) electrons. The molecule has 0 bridgehead atoms. The maximum Gasteiger partial charge on any atom is 0.185 e. The molecular formula is C8H11N3S. The summed E-state index contributed by atoms with van der Waals surface area (Å²) in [4.78, 5) is 7.15. The van der Waals surface area contributed by atoms with E-state index in [4.69, 9.17) is 5.26 Å². The van der Waals surface area contributed by atoms with E-state index in [9.17, 15) is 0 Å². The summed E-state index contributed by atoms with van der Waals surface area (Å²) in [5, 5.41) is 9.60. The molecule has 3 nitrogen and oxygen atoms in total. The van der Waals surface area contributed by atoms with Gasteiger partial charge in [0.15, 0.2) is 5.13 Å². The van der Waals surface area contributed by atoms with Crippen molar-refractivity contribution in [2.75, 3.05) is 19.0 Å². The van der Waals surface area contributed by atoms with Crippen molar-refractivity contribution in [1.29, 1.82) is 5.26 Å². The third kappa shape index (κ3) is 1.74. The minimum atomic E-state index is -0.0452. The fourth-order valence-electron chi connectivity index (χ4n) is 0.748. The maximum absolute atomic E-state index is 8.65. The van der Waals surface area contributed by atoms with Crippen LogP contribution in [0.4, 0.5) is 5.13 Å². The Balaban J connectivity index is 2.86. The first kappa shape index (κ1) is 9.01. The Morgan fingerprint density at radius 1 is 1.67 bits per heavy atom. The van der Waals surface area contributed by atoms with E-state index in [1.54, 1.807) is 17.5 Å². The molecule has 1 atom stereocenters. The molecule has 0 aromatic carbocycles. The van der Waals surface area contributed by atoms with E-state index in [1.165, 1.54) is 0 Å². The first-order chi connectivity index (χ1) is 5.65. The average Bonchev–Trinajstić information content (AvgIpc) is 2.51. The molecule has 0 fully saturated rings. The van der Waals surface area contributed by atoms with Crippen LogP contribution < -0.4 is 4.90 Å². The Morgan fingerprint density at radius 2 is 2.33 bits per heavy atom. The highest BCUT2D eigenvalue weighted by atomic mass is 32.1. The van der Waals surface area contributed by atoms with Gasteiger partial charge in [-0.3, -0.25) is 0 Å². The van der Waals surface area contributed by atoms with Crippen LogP contribution >= 0.6 is 11.3 Å². The predicted octanol–water partition coefficient (Wildman–Crippen LogP) is 1.84. The van der Waals surface area contributed by atoms with Gasteiger partial charge in [-0.25, -0.2) is 4.98 Å². The van der Waals surface area contributed by atoms with Crippen LogP contribution in [0.2, 0.25) is 0 Å². The fraction of sp³-hybridized carbons (Fsp3) is 0.500. The Kier molecular flexibility index (Phi) is 2.66. The van der Waals surface area contributed by atoms with Gasteiger partial charge in [0.05, 0.1) is 12.0 Å². The molecule has 0 saturated carbocycles. The highest BCUT2D eigenvalue weighted by molar-refractivity contribution is 7.15. The summed E-state index contributed by atoms with van der Waals surface area (Å²) in [6.07, 6.45) is 1.77. The highest BCUT2D eigenvalue weighted by Crippen LogP contribution is 2.26. The summed E-state index contributed by atoms with van der Waals surface area (Å²) in [5.74, 6) is -0.0452. The number of hydrogen-bond donors (Lipinski definition) is 0. The third-order valence-electron chi connectivity index (χ3n) is 1.51. The molecule has 0 saturated heterocycles. The molecule has 0 spiro atoms. The summed E-state index contributed by atoms with van der Waals surface area (Å²) in [7, 11) is 3.89. The van der Waals surface area contributed by atoms with Crippen LogP contribution in [0.5, 0.6) is 0 Å². The molecular weight excluding hydrogens is 170 g/mol. The highest BCUT2D eigenvalue weighted by Gasteiger charge is 2.09. The van der Waals surface area contributed by atoms with E-state index < -0.39 is 0 Å². The number of rotatable bonds is 2. The van der Waals surface area contributed by atoms with Gasteiger partial charge in [-0.1, -0.05) is 0 Å². The normalized spacial score (nSPS) is 12.2. The van der Waals surface area contributed by atoms with Crippen LogP contribution in [-0.2, 0) is 0 Å². The molecule has 4 heteroatoms. The van der Waals surface area contributed by atoms with Gasteiger partial charge in [0, 0.05) is 25.2 Å². The molecule has 0 amide bonds. The summed E-state index contributed by atoms with van der Waals surface area (Å²) in [5.41, 5.74) is 0.